The van der Waals surface area contributed by atoms with Crippen molar-refractivity contribution in [2.75, 3.05) is 56.3 Å². The minimum atomic E-state index is -2.75. The molecule has 4 heterocycles. The van der Waals surface area contributed by atoms with Crippen LogP contribution >= 0.6 is 0 Å². The maximum absolute atomic E-state index is 14.1. The third-order valence-corrected chi connectivity index (χ3v) is 7.91. The largest absolute Gasteiger partial charge is 0.378 e. The fourth-order valence-electron chi connectivity index (χ4n) is 5.77. The molecule has 3 aromatic rings. The number of ether oxygens (including phenoxy) is 4. The molecule has 1 N–H and O–H groups in total. The second-order valence-electron chi connectivity index (χ2n) is 10.8. The second kappa shape index (κ2) is 13.4. The van der Waals surface area contributed by atoms with Gasteiger partial charge in [0.25, 0.3) is 6.43 Å². The van der Waals surface area contributed by atoms with Crippen molar-refractivity contribution in [1.29, 1.82) is 0 Å². The first-order chi connectivity index (χ1) is 20.1. The van der Waals surface area contributed by atoms with Crippen LogP contribution in [0.15, 0.2) is 30.3 Å². The van der Waals surface area contributed by atoms with Gasteiger partial charge in [0.1, 0.15) is 11.6 Å². The highest BCUT2D eigenvalue weighted by atomic mass is 19.3. The Hall–Kier alpha value is -2.93. The molecule has 10 nitrogen and oxygen atoms in total. The van der Waals surface area contributed by atoms with Crippen LogP contribution in [-0.2, 0) is 18.9 Å². The van der Waals surface area contributed by atoms with Gasteiger partial charge < -0.3 is 29.2 Å². The predicted octanol–water partition coefficient (Wildman–Crippen LogP) is 4.87. The van der Waals surface area contributed by atoms with Gasteiger partial charge >= 0.3 is 0 Å². The zero-order valence-electron chi connectivity index (χ0n) is 23.2. The lowest BCUT2D eigenvalue weighted by Gasteiger charge is -2.31. The van der Waals surface area contributed by atoms with Crippen molar-refractivity contribution in [1.82, 2.24) is 19.5 Å². The van der Waals surface area contributed by atoms with Crippen molar-refractivity contribution < 1.29 is 27.7 Å². The summed E-state index contributed by atoms with van der Waals surface area (Å²) in [5, 5.41) is 3.56. The molecule has 1 atom stereocenters. The minimum Gasteiger partial charge on any atom is -0.378 e. The zero-order valence-corrected chi connectivity index (χ0v) is 23.2. The Balaban J connectivity index is 1.14. The Morgan fingerprint density at radius 2 is 1.73 bits per heavy atom. The van der Waals surface area contributed by atoms with E-state index in [-0.39, 0.29) is 24.3 Å². The maximum Gasteiger partial charge on any atom is 0.296 e. The van der Waals surface area contributed by atoms with Gasteiger partial charge in [-0.1, -0.05) is 12.1 Å². The van der Waals surface area contributed by atoms with Crippen LogP contribution in [0, 0.1) is 0 Å². The molecule has 222 valence electrons. The maximum atomic E-state index is 14.1. The van der Waals surface area contributed by atoms with Crippen LogP contribution in [0.4, 0.5) is 20.5 Å². The van der Waals surface area contributed by atoms with Gasteiger partial charge in [-0.25, -0.2) is 13.8 Å². The average molecular weight is 573 g/mol. The molecule has 1 aliphatic carbocycles. The van der Waals surface area contributed by atoms with E-state index in [1.807, 2.05) is 11.0 Å². The third-order valence-electron chi connectivity index (χ3n) is 7.91. The summed E-state index contributed by atoms with van der Waals surface area (Å²) in [6.07, 6.45) is 4.24. The summed E-state index contributed by atoms with van der Waals surface area (Å²) < 4.78 is 52.7. The van der Waals surface area contributed by atoms with Gasteiger partial charge in [0.2, 0.25) is 5.95 Å². The quantitative estimate of drug-likeness (QED) is 0.341. The van der Waals surface area contributed by atoms with Gasteiger partial charge in [0.05, 0.1) is 43.6 Å². The molecule has 1 aromatic carbocycles. The number of hydrogen-bond acceptors (Lipinski definition) is 9. The lowest BCUT2D eigenvalue weighted by Crippen LogP contribution is -2.38. The molecule has 12 heteroatoms. The van der Waals surface area contributed by atoms with Gasteiger partial charge in [-0.2, -0.15) is 9.97 Å². The molecule has 3 fully saturated rings. The van der Waals surface area contributed by atoms with Crippen molar-refractivity contribution in [3.63, 3.8) is 0 Å². The Labute approximate surface area is 238 Å². The van der Waals surface area contributed by atoms with E-state index in [0.717, 1.165) is 51.6 Å². The van der Waals surface area contributed by atoms with Crippen molar-refractivity contribution in [3.05, 3.63) is 36.2 Å². The number of nitrogens with one attached hydrogen (secondary N) is 1. The Morgan fingerprint density at radius 3 is 2.51 bits per heavy atom. The lowest BCUT2D eigenvalue weighted by molar-refractivity contribution is -0.172. The van der Waals surface area contributed by atoms with E-state index in [1.54, 1.807) is 24.3 Å². The van der Waals surface area contributed by atoms with Crippen molar-refractivity contribution in [3.8, 4) is 5.82 Å². The van der Waals surface area contributed by atoms with E-state index in [2.05, 4.69) is 10.3 Å². The van der Waals surface area contributed by atoms with Crippen LogP contribution in [0.5, 0.6) is 0 Å². The first kappa shape index (κ1) is 28.2. The molecule has 0 radical (unpaired) electrons. The number of benzene rings is 1. The summed E-state index contributed by atoms with van der Waals surface area (Å²) in [6.45, 7) is 4.27. The van der Waals surface area contributed by atoms with E-state index in [9.17, 15) is 8.78 Å². The molecule has 0 amide bonds. The first-order valence-corrected chi connectivity index (χ1v) is 14.7. The predicted molar refractivity (Wildman–Crippen MR) is 150 cm³/mol. The number of anilines is 2. The lowest BCUT2D eigenvalue weighted by atomic mass is 9.93. The first-order valence-electron chi connectivity index (χ1n) is 14.7. The number of morpholine rings is 1. The number of alkyl halides is 2. The Morgan fingerprint density at radius 1 is 0.927 bits per heavy atom. The van der Waals surface area contributed by atoms with Gasteiger partial charge in [0, 0.05) is 31.8 Å². The molecule has 0 bridgehead atoms. The molecule has 1 saturated carbocycles. The minimum absolute atomic E-state index is 0.0931. The highest BCUT2D eigenvalue weighted by molar-refractivity contribution is 5.78. The number of rotatable bonds is 10. The highest BCUT2D eigenvalue weighted by Gasteiger charge is 2.26. The van der Waals surface area contributed by atoms with Crippen LogP contribution in [0.3, 0.4) is 0 Å². The summed E-state index contributed by atoms with van der Waals surface area (Å²) in [5.74, 6) is 1.14. The summed E-state index contributed by atoms with van der Waals surface area (Å²) in [4.78, 5) is 15.8. The van der Waals surface area contributed by atoms with Crippen LogP contribution < -0.4 is 10.2 Å². The van der Waals surface area contributed by atoms with Crippen molar-refractivity contribution in [2.24, 2.45) is 0 Å². The molecule has 6 rings (SSSR count). The average Bonchev–Trinajstić information content (AvgIpc) is 3.41. The van der Waals surface area contributed by atoms with E-state index in [4.69, 9.17) is 28.9 Å². The van der Waals surface area contributed by atoms with Gasteiger partial charge in [-0.15, -0.1) is 0 Å². The van der Waals surface area contributed by atoms with E-state index in [0.29, 0.717) is 68.1 Å². The number of fused-ring (bicyclic) bond motifs is 1. The topological polar surface area (TPSA) is 95.8 Å². The zero-order chi connectivity index (χ0) is 28.0. The standard InChI is InChI=1S/C29H38F2N6O4/c30-27(31)28-33-22-5-1-2-6-23(22)37(28)25-19-24(34-29(35-25)36-12-15-38-16-13-36)32-20-8-10-21(11-9-20)39-17-18-41-26-7-3-4-14-40-26/h1-2,5-6,19-21,26-27H,3-4,7-18H2,(H,32,34,35)/t20-,21-,26?. The number of imidazole rings is 1. The Bertz CT molecular complexity index is 1270. The molecular weight excluding hydrogens is 534 g/mol. The fraction of sp³-hybridized carbons (Fsp3) is 0.621. The smallest absolute Gasteiger partial charge is 0.296 e. The monoisotopic (exact) mass is 572 g/mol. The van der Waals surface area contributed by atoms with E-state index < -0.39 is 6.43 Å². The molecule has 3 aliphatic rings. The van der Waals surface area contributed by atoms with Crippen LogP contribution in [0.2, 0.25) is 0 Å². The van der Waals surface area contributed by atoms with Crippen LogP contribution in [-0.4, -0.2) is 84.1 Å². The summed E-state index contributed by atoms with van der Waals surface area (Å²) in [6, 6.07) is 9.06. The number of halogens is 2. The van der Waals surface area contributed by atoms with Crippen molar-refractivity contribution in [2.45, 2.75) is 69.8 Å². The molecule has 2 aromatic heterocycles. The van der Waals surface area contributed by atoms with Crippen molar-refractivity contribution >= 4 is 22.8 Å². The molecule has 2 aliphatic heterocycles. The molecule has 1 unspecified atom stereocenters. The summed E-state index contributed by atoms with van der Waals surface area (Å²) in [7, 11) is 0. The Kier molecular flexibility index (Phi) is 9.19. The summed E-state index contributed by atoms with van der Waals surface area (Å²) >= 11 is 0. The fourth-order valence-corrected chi connectivity index (χ4v) is 5.77. The number of aromatic nitrogens is 4. The third kappa shape index (κ3) is 6.94. The SMILES string of the molecule is FC(F)c1nc2ccccc2n1-c1cc(N[C@H]2CC[C@H](OCCOC3CCCCO3)CC2)nc(N2CCOCC2)n1. The van der Waals surface area contributed by atoms with Crippen LogP contribution in [0.1, 0.15) is 57.2 Å². The molecular formula is C29H38F2N6O4. The van der Waals surface area contributed by atoms with Gasteiger partial charge in [-0.05, 0) is 57.1 Å². The number of hydrogen-bond donors (Lipinski definition) is 1. The highest BCUT2D eigenvalue weighted by Crippen LogP contribution is 2.30. The normalized spacial score (nSPS) is 23.8. The van der Waals surface area contributed by atoms with Gasteiger partial charge in [0.15, 0.2) is 12.1 Å². The van der Waals surface area contributed by atoms with Gasteiger partial charge in [-0.3, -0.25) is 4.57 Å². The molecule has 41 heavy (non-hydrogen) atoms. The molecule has 0 spiro atoms. The van der Waals surface area contributed by atoms with E-state index in [1.165, 1.54) is 4.57 Å². The number of nitrogens with zero attached hydrogens (tertiary/aromatic N) is 5. The molecule has 2 saturated heterocycles. The van der Waals surface area contributed by atoms with E-state index >= 15 is 0 Å². The second-order valence-corrected chi connectivity index (χ2v) is 10.8. The number of para-hydroxylation sites is 2. The van der Waals surface area contributed by atoms with Crippen LogP contribution in [0.25, 0.3) is 16.9 Å². The summed E-state index contributed by atoms with van der Waals surface area (Å²) in [5.41, 5.74) is 1.08.